The molecule has 0 radical (unpaired) electrons. The van der Waals surface area contributed by atoms with Gasteiger partial charge in [0.2, 0.25) is 0 Å². The highest BCUT2D eigenvalue weighted by molar-refractivity contribution is 5.93. The van der Waals surface area contributed by atoms with Gasteiger partial charge in [-0.05, 0) is 12.1 Å². The van der Waals surface area contributed by atoms with Crippen molar-refractivity contribution in [3.8, 4) is 11.3 Å². The van der Waals surface area contributed by atoms with Gasteiger partial charge in [-0.3, -0.25) is 14.6 Å². The van der Waals surface area contributed by atoms with Crippen LogP contribution < -0.4 is 5.32 Å². The van der Waals surface area contributed by atoms with E-state index in [1.165, 1.54) is 0 Å². The van der Waals surface area contributed by atoms with Crippen LogP contribution >= 0.6 is 0 Å². The van der Waals surface area contributed by atoms with Gasteiger partial charge in [0.1, 0.15) is 5.69 Å². The van der Waals surface area contributed by atoms with E-state index in [2.05, 4.69) is 20.6 Å². The van der Waals surface area contributed by atoms with Crippen molar-refractivity contribution >= 4 is 11.7 Å². The molecule has 3 rings (SSSR count). The van der Waals surface area contributed by atoms with Crippen molar-refractivity contribution in [2.75, 3.05) is 7.05 Å². The average Bonchev–Trinajstić information content (AvgIpc) is 3.17. The minimum atomic E-state index is -2.79. The summed E-state index contributed by atoms with van der Waals surface area (Å²) in [5.41, 5.74) is 3.20. The van der Waals surface area contributed by atoms with Crippen LogP contribution in [0.25, 0.3) is 11.3 Å². The summed E-state index contributed by atoms with van der Waals surface area (Å²) in [6.07, 6.45) is 0.650. The Morgan fingerprint density at radius 1 is 1.14 bits per heavy atom. The largest absolute Gasteiger partial charge is 0.355 e. The van der Waals surface area contributed by atoms with Crippen molar-refractivity contribution in [2.24, 2.45) is 0 Å². The maximum atomic E-state index is 11.5. The molecule has 0 aliphatic heterocycles. The van der Waals surface area contributed by atoms with Crippen molar-refractivity contribution in [1.29, 1.82) is 0 Å². The second kappa shape index (κ2) is 10.0. The summed E-state index contributed by atoms with van der Waals surface area (Å²) >= 11 is 0. The van der Waals surface area contributed by atoms with E-state index in [1.54, 1.807) is 24.0 Å². The lowest BCUT2D eigenvalue weighted by Gasteiger charge is -2.02. The zero-order valence-electron chi connectivity index (χ0n) is 15.3. The molecule has 1 amide bonds. The van der Waals surface area contributed by atoms with Crippen LogP contribution in [0.4, 0.5) is 8.78 Å². The summed E-state index contributed by atoms with van der Waals surface area (Å²) in [5.74, 6) is -1.22. The number of hydrogen-bond donors (Lipinski definition) is 1. The molecule has 0 saturated heterocycles. The van der Waals surface area contributed by atoms with Gasteiger partial charge >= 0.3 is 0 Å². The summed E-state index contributed by atoms with van der Waals surface area (Å²) in [5, 5.41) is 10.8. The molecule has 2 heterocycles. The zero-order chi connectivity index (χ0) is 20.5. The molecule has 0 saturated carbocycles. The summed E-state index contributed by atoms with van der Waals surface area (Å²) in [4.78, 5) is 25.1. The Morgan fingerprint density at radius 3 is 2.36 bits per heavy atom. The topological polar surface area (TPSA) is 89.8 Å². The molecular formula is C19H19F2N5O2. The van der Waals surface area contributed by atoms with E-state index < -0.39 is 12.2 Å². The highest BCUT2D eigenvalue weighted by atomic mass is 19.3. The minimum Gasteiger partial charge on any atom is -0.355 e. The van der Waals surface area contributed by atoms with Crippen molar-refractivity contribution in [3.63, 3.8) is 0 Å². The van der Waals surface area contributed by atoms with E-state index >= 15 is 0 Å². The number of carbonyl (C=O) groups is 2. The van der Waals surface area contributed by atoms with E-state index in [0.717, 1.165) is 23.9 Å². The number of ketones is 1. The third-order valence-corrected chi connectivity index (χ3v) is 3.55. The number of hydrogen-bond acceptors (Lipinski definition) is 5. The molecule has 0 aliphatic rings. The predicted molar refractivity (Wildman–Crippen MR) is 98.9 cm³/mol. The third kappa shape index (κ3) is 6.04. The molecule has 0 unspecified atom stereocenters. The second-order valence-corrected chi connectivity index (χ2v) is 5.70. The minimum absolute atomic E-state index is 0.147. The van der Waals surface area contributed by atoms with Crippen LogP contribution in [0, 0.1) is 0 Å². The van der Waals surface area contributed by atoms with Gasteiger partial charge in [-0.2, -0.15) is 0 Å². The number of rotatable bonds is 5. The fraction of sp³-hybridized carbons (Fsp3) is 0.211. The van der Waals surface area contributed by atoms with Crippen LogP contribution in [-0.2, 0) is 11.3 Å². The van der Waals surface area contributed by atoms with Crippen molar-refractivity contribution < 1.29 is 18.4 Å². The molecule has 2 aromatic heterocycles. The third-order valence-electron chi connectivity index (χ3n) is 3.55. The summed E-state index contributed by atoms with van der Waals surface area (Å²) < 4.78 is 23.3. The first kappa shape index (κ1) is 20.8. The van der Waals surface area contributed by atoms with Crippen molar-refractivity contribution in [3.05, 3.63) is 66.1 Å². The highest BCUT2D eigenvalue weighted by Crippen LogP contribution is 2.15. The molecule has 0 spiro atoms. The maximum Gasteiger partial charge on any atom is 0.295 e. The van der Waals surface area contributed by atoms with Gasteiger partial charge in [-0.25, -0.2) is 13.5 Å². The van der Waals surface area contributed by atoms with E-state index in [1.807, 2.05) is 42.6 Å². The van der Waals surface area contributed by atoms with Crippen LogP contribution in [0.2, 0.25) is 0 Å². The lowest BCUT2D eigenvalue weighted by molar-refractivity contribution is -0.127. The molecule has 7 nitrogen and oxygen atoms in total. The standard InChI is InChI=1S/C16H15N5O.C3H4F2O/c1-17-16(22)13-7-8-14(18-9-13)10-21-11-15(19-20-21)12-5-3-2-4-6-12;1-2(6)3(4)5/h2-9,11H,10H2,1H3,(H,17,22);3H,1H3. The fourth-order valence-electron chi connectivity index (χ4n) is 2.08. The first-order valence-corrected chi connectivity index (χ1v) is 8.32. The van der Waals surface area contributed by atoms with Gasteiger partial charge in [-0.1, -0.05) is 35.5 Å². The number of aromatic nitrogens is 4. The van der Waals surface area contributed by atoms with Gasteiger partial charge in [-0.15, -0.1) is 5.10 Å². The number of alkyl halides is 2. The Morgan fingerprint density at radius 2 is 1.82 bits per heavy atom. The smallest absolute Gasteiger partial charge is 0.295 e. The lowest BCUT2D eigenvalue weighted by Crippen LogP contribution is -2.18. The van der Waals surface area contributed by atoms with Crippen LogP contribution in [-0.4, -0.2) is 45.1 Å². The molecule has 146 valence electrons. The zero-order valence-corrected chi connectivity index (χ0v) is 15.3. The molecule has 9 heteroatoms. The van der Waals surface area contributed by atoms with E-state index in [-0.39, 0.29) is 5.91 Å². The summed E-state index contributed by atoms with van der Waals surface area (Å²) in [7, 11) is 1.59. The second-order valence-electron chi connectivity index (χ2n) is 5.70. The van der Waals surface area contributed by atoms with Crippen LogP contribution in [0.5, 0.6) is 0 Å². The first-order valence-electron chi connectivity index (χ1n) is 8.32. The molecule has 0 atom stereocenters. The van der Waals surface area contributed by atoms with Gasteiger partial charge in [0.15, 0.2) is 5.78 Å². The molecule has 3 aromatic rings. The Bertz CT molecular complexity index is 912. The van der Waals surface area contributed by atoms with E-state index in [9.17, 15) is 18.4 Å². The number of benzene rings is 1. The average molecular weight is 387 g/mol. The quantitative estimate of drug-likeness (QED) is 0.727. The number of pyridine rings is 1. The Labute approximate surface area is 160 Å². The number of halogens is 2. The Balaban J connectivity index is 0.000000409. The molecule has 1 N–H and O–H groups in total. The van der Waals surface area contributed by atoms with Crippen LogP contribution in [0.15, 0.2) is 54.9 Å². The maximum absolute atomic E-state index is 11.5. The number of carbonyl (C=O) groups excluding carboxylic acids is 2. The van der Waals surface area contributed by atoms with E-state index in [4.69, 9.17) is 0 Å². The monoisotopic (exact) mass is 387 g/mol. The number of Topliss-reactive ketones (excluding diaryl/α,β-unsaturated/α-hetero) is 1. The fourth-order valence-corrected chi connectivity index (χ4v) is 2.08. The molecule has 0 bridgehead atoms. The van der Waals surface area contributed by atoms with Gasteiger partial charge in [0.25, 0.3) is 12.3 Å². The molecule has 0 aliphatic carbocycles. The number of nitrogens with one attached hydrogen (secondary N) is 1. The van der Waals surface area contributed by atoms with Gasteiger partial charge < -0.3 is 5.32 Å². The van der Waals surface area contributed by atoms with Crippen molar-refractivity contribution in [1.82, 2.24) is 25.3 Å². The van der Waals surface area contributed by atoms with Gasteiger partial charge in [0.05, 0.1) is 24.0 Å². The Kier molecular flexibility index (Phi) is 7.44. The number of amides is 1. The first-order chi connectivity index (χ1) is 13.4. The van der Waals surface area contributed by atoms with Crippen molar-refractivity contribution in [2.45, 2.75) is 19.9 Å². The van der Waals surface area contributed by atoms with Gasteiger partial charge in [0, 0.05) is 25.7 Å². The molecular weight excluding hydrogens is 368 g/mol. The predicted octanol–water partition coefficient (Wildman–Crippen LogP) is 2.59. The number of nitrogens with zero attached hydrogens (tertiary/aromatic N) is 4. The molecule has 28 heavy (non-hydrogen) atoms. The Hall–Kier alpha value is -3.49. The van der Waals surface area contributed by atoms with Crippen LogP contribution in [0.1, 0.15) is 23.0 Å². The van der Waals surface area contributed by atoms with E-state index in [0.29, 0.717) is 12.1 Å². The SMILES string of the molecule is CC(=O)C(F)F.CNC(=O)c1ccc(Cn2cc(-c3ccccc3)nn2)nc1. The molecule has 0 fully saturated rings. The normalized spacial score (nSPS) is 10.2. The highest BCUT2D eigenvalue weighted by Gasteiger charge is 2.07. The summed E-state index contributed by atoms with van der Waals surface area (Å²) in [6.45, 7) is 1.36. The lowest BCUT2D eigenvalue weighted by atomic mass is 10.2. The summed E-state index contributed by atoms with van der Waals surface area (Å²) in [6, 6.07) is 13.4. The molecule has 1 aromatic carbocycles. The van der Waals surface area contributed by atoms with Crippen LogP contribution in [0.3, 0.4) is 0 Å².